The lowest BCUT2D eigenvalue weighted by Crippen LogP contribution is -2.24. The van der Waals surface area contributed by atoms with Crippen LogP contribution in [0, 0.1) is 6.92 Å². The predicted molar refractivity (Wildman–Crippen MR) is 79.8 cm³/mol. The Balaban J connectivity index is 2.12. The highest BCUT2D eigenvalue weighted by Gasteiger charge is 2.12. The molecule has 2 aromatic rings. The smallest absolute Gasteiger partial charge is 0.253 e. The Kier molecular flexibility index (Phi) is 4.25. The third-order valence-corrected chi connectivity index (χ3v) is 3.23. The van der Waals surface area contributed by atoms with Gasteiger partial charge >= 0.3 is 0 Å². The first kappa shape index (κ1) is 13.9. The normalized spacial score (nSPS) is 10.1. The van der Waals surface area contributed by atoms with Crippen LogP contribution < -0.4 is 15.8 Å². The summed E-state index contributed by atoms with van der Waals surface area (Å²) in [6.07, 6.45) is 0. The van der Waals surface area contributed by atoms with Crippen molar-refractivity contribution in [2.75, 3.05) is 12.8 Å². The lowest BCUT2D eigenvalue weighted by Gasteiger charge is -2.11. The number of methoxy groups -OCH3 is 1. The SMILES string of the molecule is COc1cccc(C(=O)NCc2ccccc2C)c1N. The minimum atomic E-state index is -0.204. The molecule has 0 unspecified atom stereocenters. The standard InChI is InChI=1S/C16H18N2O2/c1-11-6-3-4-7-12(11)10-18-16(19)13-8-5-9-14(20-2)15(13)17/h3-9H,10,17H2,1-2H3,(H,18,19). The fourth-order valence-corrected chi connectivity index (χ4v) is 2.00. The molecule has 0 aromatic heterocycles. The van der Waals surface area contributed by atoms with E-state index in [2.05, 4.69) is 5.32 Å². The molecule has 20 heavy (non-hydrogen) atoms. The summed E-state index contributed by atoms with van der Waals surface area (Å²) in [6, 6.07) is 13.1. The van der Waals surface area contributed by atoms with Gasteiger partial charge in [0.2, 0.25) is 0 Å². The molecular weight excluding hydrogens is 252 g/mol. The van der Waals surface area contributed by atoms with Crippen LogP contribution in [0.5, 0.6) is 5.75 Å². The summed E-state index contributed by atoms with van der Waals surface area (Å²) in [5.74, 6) is 0.304. The summed E-state index contributed by atoms with van der Waals surface area (Å²) >= 11 is 0. The Bertz CT molecular complexity index is 624. The molecule has 0 saturated carbocycles. The average Bonchev–Trinajstić information content (AvgIpc) is 2.46. The Morgan fingerprint density at radius 1 is 1.20 bits per heavy atom. The summed E-state index contributed by atoms with van der Waals surface area (Å²) in [5, 5.41) is 2.87. The number of para-hydroxylation sites is 1. The van der Waals surface area contributed by atoms with Gasteiger partial charge in [-0.15, -0.1) is 0 Å². The highest BCUT2D eigenvalue weighted by atomic mass is 16.5. The number of carbonyl (C=O) groups is 1. The van der Waals surface area contributed by atoms with Gasteiger partial charge in [-0.05, 0) is 30.2 Å². The second-order valence-corrected chi connectivity index (χ2v) is 4.53. The molecular formula is C16H18N2O2. The Hall–Kier alpha value is -2.49. The van der Waals surface area contributed by atoms with Crippen LogP contribution in [0.3, 0.4) is 0 Å². The molecule has 2 rings (SSSR count). The van der Waals surface area contributed by atoms with Gasteiger partial charge in [0.15, 0.2) is 0 Å². The number of ether oxygens (including phenoxy) is 1. The number of nitrogen functional groups attached to an aromatic ring is 1. The molecule has 0 saturated heterocycles. The minimum Gasteiger partial charge on any atom is -0.495 e. The van der Waals surface area contributed by atoms with Crippen LogP contribution in [0.4, 0.5) is 5.69 Å². The van der Waals surface area contributed by atoms with Crippen molar-refractivity contribution in [3.05, 3.63) is 59.2 Å². The van der Waals surface area contributed by atoms with Crippen molar-refractivity contribution < 1.29 is 9.53 Å². The summed E-state index contributed by atoms with van der Waals surface area (Å²) < 4.78 is 5.11. The number of hydrogen-bond donors (Lipinski definition) is 2. The average molecular weight is 270 g/mol. The number of rotatable bonds is 4. The number of nitrogens with two attached hydrogens (primary N) is 1. The van der Waals surface area contributed by atoms with Crippen LogP contribution in [-0.2, 0) is 6.54 Å². The van der Waals surface area contributed by atoms with Crippen molar-refractivity contribution in [1.29, 1.82) is 0 Å². The molecule has 0 aliphatic rings. The molecule has 0 radical (unpaired) electrons. The van der Waals surface area contributed by atoms with Gasteiger partial charge in [0, 0.05) is 6.54 Å². The van der Waals surface area contributed by atoms with Crippen LogP contribution in [-0.4, -0.2) is 13.0 Å². The highest BCUT2D eigenvalue weighted by Crippen LogP contribution is 2.24. The zero-order valence-electron chi connectivity index (χ0n) is 11.6. The maximum Gasteiger partial charge on any atom is 0.253 e. The molecule has 2 aromatic carbocycles. The number of aryl methyl sites for hydroxylation is 1. The summed E-state index contributed by atoms with van der Waals surface area (Å²) in [4.78, 5) is 12.2. The molecule has 0 heterocycles. The van der Waals surface area contributed by atoms with Crippen molar-refractivity contribution in [3.8, 4) is 5.75 Å². The zero-order chi connectivity index (χ0) is 14.5. The van der Waals surface area contributed by atoms with Gasteiger partial charge in [-0.3, -0.25) is 4.79 Å². The molecule has 0 bridgehead atoms. The maximum absolute atomic E-state index is 12.2. The van der Waals surface area contributed by atoms with E-state index in [4.69, 9.17) is 10.5 Å². The molecule has 0 atom stereocenters. The molecule has 4 heteroatoms. The number of anilines is 1. The topological polar surface area (TPSA) is 64.3 Å². The summed E-state index contributed by atoms with van der Waals surface area (Å²) in [6.45, 7) is 2.49. The van der Waals surface area contributed by atoms with Gasteiger partial charge in [-0.25, -0.2) is 0 Å². The van der Waals surface area contributed by atoms with E-state index in [0.717, 1.165) is 11.1 Å². The van der Waals surface area contributed by atoms with Crippen molar-refractivity contribution in [2.24, 2.45) is 0 Å². The lowest BCUT2D eigenvalue weighted by molar-refractivity contribution is 0.0951. The number of nitrogens with one attached hydrogen (secondary N) is 1. The summed E-state index contributed by atoms with van der Waals surface area (Å²) in [7, 11) is 1.53. The number of amides is 1. The third kappa shape index (κ3) is 2.91. The van der Waals surface area contributed by atoms with E-state index in [1.807, 2.05) is 31.2 Å². The first-order chi connectivity index (χ1) is 9.63. The predicted octanol–water partition coefficient (Wildman–Crippen LogP) is 2.52. The summed E-state index contributed by atoms with van der Waals surface area (Å²) in [5.41, 5.74) is 8.93. The quantitative estimate of drug-likeness (QED) is 0.839. The molecule has 0 fully saturated rings. The Labute approximate surface area is 118 Å². The number of benzene rings is 2. The van der Waals surface area contributed by atoms with E-state index >= 15 is 0 Å². The number of hydrogen-bond acceptors (Lipinski definition) is 3. The largest absolute Gasteiger partial charge is 0.495 e. The van der Waals surface area contributed by atoms with Crippen molar-refractivity contribution in [3.63, 3.8) is 0 Å². The lowest BCUT2D eigenvalue weighted by atomic mass is 10.1. The van der Waals surface area contributed by atoms with Crippen LogP contribution in [0.25, 0.3) is 0 Å². The van der Waals surface area contributed by atoms with E-state index in [0.29, 0.717) is 23.5 Å². The molecule has 0 aliphatic heterocycles. The van der Waals surface area contributed by atoms with E-state index in [1.165, 1.54) is 7.11 Å². The second kappa shape index (κ2) is 6.10. The Morgan fingerprint density at radius 2 is 1.95 bits per heavy atom. The van der Waals surface area contributed by atoms with E-state index < -0.39 is 0 Å². The number of carbonyl (C=O) groups excluding carboxylic acids is 1. The van der Waals surface area contributed by atoms with Gasteiger partial charge in [-0.2, -0.15) is 0 Å². The molecule has 0 spiro atoms. The van der Waals surface area contributed by atoms with Crippen LogP contribution in [0.1, 0.15) is 21.5 Å². The van der Waals surface area contributed by atoms with Gasteiger partial charge in [0.1, 0.15) is 5.75 Å². The van der Waals surface area contributed by atoms with Gasteiger partial charge < -0.3 is 15.8 Å². The van der Waals surface area contributed by atoms with E-state index in [1.54, 1.807) is 18.2 Å². The second-order valence-electron chi connectivity index (χ2n) is 4.53. The molecule has 4 nitrogen and oxygen atoms in total. The fraction of sp³-hybridized carbons (Fsp3) is 0.188. The maximum atomic E-state index is 12.2. The van der Waals surface area contributed by atoms with Crippen molar-refractivity contribution in [2.45, 2.75) is 13.5 Å². The van der Waals surface area contributed by atoms with Crippen molar-refractivity contribution >= 4 is 11.6 Å². The van der Waals surface area contributed by atoms with Gasteiger partial charge in [0.25, 0.3) is 5.91 Å². The van der Waals surface area contributed by atoms with Crippen LogP contribution in [0.2, 0.25) is 0 Å². The van der Waals surface area contributed by atoms with E-state index in [9.17, 15) is 4.79 Å². The van der Waals surface area contributed by atoms with Gasteiger partial charge in [-0.1, -0.05) is 30.3 Å². The molecule has 0 aliphatic carbocycles. The first-order valence-electron chi connectivity index (χ1n) is 6.38. The Morgan fingerprint density at radius 3 is 2.65 bits per heavy atom. The zero-order valence-corrected chi connectivity index (χ0v) is 11.6. The monoisotopic (exact) mass is 270 g/mol. The highest BCUT2D eigenvalue weighted by molar-refractivity contribution is 6.00. The third-order valence-electron chi connectivity index (χ3n) is 3.23. The van der Waals surface area contributed by atoms with Crippen LogP contribution in [0.15, 0.2) is 42.5 Å². The van der Waals surface area contributed by atoms with Crippen LogP contribution >= 0.6 is 0 Å². The van der Waals surface area contributed by atoms with Gasteiger partial charge in [0.05, 0.1) is 18.4 Å². The molecule has 3 N–H and O–H groups in total. The molecule has 1 amide bonds. The minimum absolute atomic E-state index is 0.204. The molecule has 104 valence electrons. The van der Waals surface area contributed by atoms with E-state index in [-0.39, 0.29) is 5.91 Å². The fourth-order valence-electron chi connectivity index (χ4n) is 2.00. The first-order valence-corrected chi connectivity index (χ1v) is 6.38. The van der Waals surface area contributed by atoms with Crippen molar-refractivity contribution in [1.82, 2.24) is 5.32 Å².